The number of nitrogens with two attached hydrogens (primary N) is 1. The molecule has 1 aromatic carbocycles. The molecule has 3 rings (SSSR count). The molecule has 1 aliphatic heterocycles. The molecule has 0 unspecified atom stereocenters. The number of likely N-dealkylation sites (tertiary alicyclic amines) is 1. The SMILES string of the molecule is NC[C@@H]1CCCN1C(=O)c1cccc(OCc2cccnc2)c1. The highest BCUT2D eigenvalue weighted by Crippen LogP contribution is 2.22. The standard InChI is InChI=1S/C18H21N3O2/c19-11-16-6-3-9-21(16)18(22)15-5-1-7-17(10-15)23-13-14-4-2-8-20-12-14/h1-2,4-5,7-8,10,12,16H,3,6,9,11,13,19H2/t16-/m0/s1. The molecule has 0 saturated carbocycles. The Hall–Kier alpha value is -2.40. The molecule has 0 bridgehead atoms. The Kier molecular flexibility index (Phi) is 4.88. The average molecular weight is 311 g/mol. The van der Waals surface area contributed by atoms with Crippen molar-refractivity contribution in [3.63, 3.8) is 0 Å². The zero-order valence-corrected chi connectivity index (χ0v) is 13.0. The van der Waals surface area contributed by atoms with E-state index in [0.717, 1.165) is 24.9 Å². The number of rotatable bonds is 5. The van der Waals surface area contributed by atoms with Crippen LogP contribution >= 0.6 is 0 Å². The summed E-state index contributed by atoms with van der Waals surface area (Å²) in [4.78, 5) is 18.6. The molecule has 0 aliphatic carbocycles. The molecular formula is C18H21N3O2. The van der Waals surface area contributed by atoms with Crippen LogP contribution in [0.25, 0.3) is 0 Å². The van der Waals surface area contributed by atoms with E-state index in [-0.39, 0.29) is 11.9 Å². The van der Waals surface area contributed by atoms with Gasteiger partial charge in [0.2, 0.25) is 0 Å². The number of benzene rings is 1. The van der Waals surface area contributed by atoms with Gasteiger partial charge in [-0.1, -0.05) is 12.1 Å². The molecule has 1 aromatic heterocycles. The van der Waals surface area contributed by atoms with Gasteiger partial charge in [-0.3, -0.25) is 9.78 Å². The van der Waals surface area contributed by atoms with E-state index in [1.54, 1.807) is 18.5 Å². The Morgan fingerprint density at radius 3 is 3.04 bits per heavy atom. The number of aromatic nitrogens is 1. The second-order valence-electron chi connectivity index (χ2n) is 5.71. The highest BCUT2D eigenvalue weighted by molar-refractivity contribution is 5.95. The van der Waals surface area contributed by atoms with E-state index in [0.29, 0.717) is 24.5 Å². The smallest absolute Gasteiger partial charge is 0.254 e. The maximum absolute atomic E-state index is 12.6. The summed E-state index contributed by atoms with van der Waals surface area (Å²) in [5.41, 5.74) is 7.40. The van der Waals surface area contributed by atoms with Crippen LogP contribution in [0.3, 0.4) is 0 Å². The van der Waals surface area contributed by atoms with Gasteiger partial charge in [0.1, 0.15) is 12.4 Å². The fourth-order valence-corrected chi connectivity index (χ4v) is 2.88. The quantitative estimate of drug-likeness (QED) is 0.919. The van der Waals surface area contributed by atoms with E-state index in [2.05, 4.69) is 4.98 Å². The Morgan fingerprint density at radius 2 is 2.26 bits per heavy atom. The van der Waals surface area contributed by atoms with Gasteiger partial charge in [0.05, 0.1) is 0 Å². The van der Waals surface area contributed by atoms with Crippen LogP contribution < -0.4 is 10.5 Å². The van der Waals surface area contributed by atoms with Crippen molar-refractivity contribution in [2.45, 2.75) is 25.5 Å². The van der Waals surface area contributed by atoms with Crippen LogP contribution in [0.1, 0.15) is 28.8 Å². The molecule has 0 radical (unpaired) electrons. The van der Waals surface area contributed by atoms with Crippen molar-refractivity contribution in [2.75, 3.05) is 13.1 Å². The second-order valence-corrected chi connectivity index (χ2v) is 5.71. The van der Waals surface area contributed by atoms with E-state index in [1.807, 2.05) is 35.2 Å². The number of ether oxygens (including phenoxy) is 1. The topological polar surface area (TPSA) is 68.5 Å². The molecule has 1 fully saturated rings. The van der Waals surface area contributed by atoms with Gasteiger partial charge in [-0.2, -0.15) is 0 Å². The minimum absolute atomic E-state index is 0.0322. The van der Waals surface area contributed by atoms with E-state index in [4.69, 9.17) is 10.5 Å². The van der Waals surface area contributed by atoms with Gasteiger partial charge < -0.3 is 15.4 Å². The van der Waals surface area contributed by atoms with Crippen LogP contribution in [0, 0.1) is 0 Å². The summed E-state index contributed by atoms with van der Waals surface area (Å²) in [5.74, 6) is 0.716. The lowest BCUT2D eigenvalue weighted by Crippen LogP contribution is -2.39. The molecule has 5 nitrogen and oxygen atoms in total. The molecule has 1 aliphatic rings. The lowest BCUT2D eigenvalue weighted by Gasteiger charge is -2.23. The van der Waals surface area contributed by atoms with Crippen molar-refractivity contribution in [1.82, 2.24) is 9.88 Å². The molecule has 0 spiro atoms. The third-order valence-corrected chi connectivity index (χ3v) is 4.12. The predicted octanol–water partition coefficient (Wildman–Crippen LogP) is 2.22. The average Bonchev–Trinajstić information content (AvgIpc) is 3.09. The van der Waals surface area contributed by atoms with E-state index >= 15 is 0 Å². The molecule has 2 aromatic rings. The summed E-state index contributed by atoms with van der Waals surface area (Å²) >= 11 is 0. The van der Waals surface area contributed by atoms with Gasteiger partial charge >= 0.3 is 0 Å². The molecule has 2 N–H and O–H groups in total. The lowest BCUT2D eigenvalue weighted by atomic mass is 10.1. The number of pyridine rings is 1. The van der Waals surface area contributed by atoms with Gasteiger partial charge in [0.15, 0.2) is 0 Å². The van der Waals surface area contributed by atoms with Crippen LogP contribution in [0.15, 0.2) is 48.8 Å². The summed E-state index contributed by atoms with van der Waals surface area (Å²) in [6.07, 6.45) is 5.50. The molecule has 23 heavy (non-hydrogen) atoms. The monoisotopic (exact) mass is 311 g/mol. The lowest BCUT2D eigenvalue weighted by molar-refractivity contribution is 0.0740. The van der Waals surface area contributed by atoms with Crippen LogP contribution in [0.4, 0.5) is 0 Å². The van der Waals surface area contributed by atoms with E-state index in [1.165, 1.54) is 0 Å². The zero-order valence-electron chi connectivity index (χ0n) is 13.0. The third-order valence-electron chi connectivity index (χ3n) is 4.12. The minimum atomic E-state index is 0.0322. The van der Waals surface area contributed by atoms with Gasteiger partial charge in [-0.15, -0.1) is 0 Å². The van der Waals surface area contributed by atoms with Crippen molar-refractivity contribution >= 4 is 5.91 Å². The summed E-state index contributed by atoms with van der Waals surface area (Å²) in [7, 11) is 0. The van der Waals surface area contributed by atoms with Crippen LogP contribution in [-0.2, 0) is 6.61 Å². The summed E-state index contributed by atoms with van der Waals surface area (Å²) < 4.78 is 5.76. The maximum atomic E-state index is 12.6. The van der Waals surface area contributed by atoms with E-state index < -0.39 is 0 Å². The van der Waals surface area contributed by atoms with Gasteiger partial charge in [-0.25, -0.2) is 0 Å². The fraction of sp³-hybridized carbons (Fsp3) is 0.333. The normalized spacial score (nSPS) is 17.3. The van der Waals surface area contributed by atoms with Crippen molar-refractivity contribution in [1.29, 1.82) is 0 Å². The molecule has 2 heterocycles. The number of amides is 1. The fourth-order valence-electron chi connectivity index (χ4n) is 2.88. The first-order chi connectivity index (χ1) is 11.3. The number of hydrogen-bond acceptors (Lipinski definition) is 4. The summed E-state index contributed by atoms with van der Waals surface area (Å²) in [5, 5.41) is 0. The van der Waals surface area contributed by atoms with Crippen molar-refractivity contribution in [3.05, 3.63) is 59.9 Å². The van der Waals surface area contributed by atoms with Crippen LogP contribution in [0.5, 0.6) is 5.75 Å². The van der Waals surface area contributed by atoms with Gasteiger partial charge in [-0.05, 0) is 37.1 Å². The maximum Gasteiger partial charge on any atom is 0.254 e. The molecule has 5 heteroatoms. The van der Waals surface area contributed by atoms with Crippen LogP contribution in [0.2, 0.25) is 0 Å². The number of nitrogens with zero attached hydrogens (tertiary/aromatic N) is 2. The Balaban J connectivity index is 1.68. The highest BCUT2D eigenvalue weighted by atomic mass is 16.5. The molecule has 1 amide bonds. The summed E-state index contributed by atoms with van der Waals surface area (Å²) in [6.45, 7) is 1.73. The number of hydrogen-bond donors (Lipinski definition) is 1. The number of carbonyl (C=O) groups excluding carboxylic acids is 1. The van der Waals surface area contributed by atoms with Crippen LogP contribution in [-0.4, -0.2) is 34.9 Å². The Morgan fingerprint density at radius 1 is 1.35 bits per heavy atom. The third kappa shape index (κ3) is 3.68. The molecule has 1 atom stereocenters. The van der Waals surface area contributed by atoms with Crippen molar-refractivity contribution in [2.24, 2.45) is 5.73 Å². The predicted molar refractivity (Wildman–Crippen MR) is 88.1 cm³/mol. The highest BCUT2D eigenvalue weighted by Gasteiger charge is 2.28. The Bertz CT molecular complexity index is 660. The summed E-state index contributed by atoms with van der Waals surface area (Å²) in [6, 6.07) is 11.3. The first-order valence-corrected chi connectivity index (χ1v) is 7.91. The number of carbonyl (C=O) groups is 1. The Labute approximate surface area is 136 Å². The minimum Gasteiger partial charge on any atom is -0.489 e. The first kappa shape index (κ1) is 15.5. The second kappa shape index (κ2) is 7.24. The first-order valence-electron chi connectivity index (χ1n) is 7.91. The molecular weight excluding hydrogens is 290 g/mol. The van der Waals surface area contributed by atoms with Crippen molar-refractivity contribution in [3.8, 4) is 5.75 Å². The zero-order chi connectivity index (χ0) is 16.1. The van der Waals surface area contributed by atoms with Gasteiger partial charge in [0, 0.05) is 42.7 Å². The van der Waals surface area contributed by atoms with Crippen molar-refractivity contribution < 1.29 is 9.53 Å². The molecule has 1 saturated heterocycles. The van der Waals surface area contributed by atoms with E-state index in [9.17, 15) is 4.79 Å². The van der Waals surface area contributed by atoms with Gasteiger partial charge in [0.25, 0.3) is 5.91 Å². The largest absolute Gasteiger partial charge is 0.489 e. The molecule has 120 valence electrons.